The van der Waals surface area contributed by atoms with Crippen LogP contribution < -0.4 is 4.90 Å². The monoisotopic (exact) mass is 529 g/mol. The maximum atomic E-state index is 14.1. The number of para-hydroxylation sites is 1. The zero-order valence-electron chi connectivity index (χ0n) is 21.8. The van der Waals surface area contributed by atoms with Gasteiger partial charge in [0.05, 0.1) is 5.69 Å². The third-order valence-electron chi connectivity index (χ3n) is 6.83. The summed E-state index contributed by atoms with van der Waals surface area (Å²) in [6, 6.07) is 23.5. The third-order valence-corrected chi connectivity index (χ3v) is 7.84. The molecule has 0 unspecified atom stereocenters. The molecule has 1 aliphatic heterocycles. The Kier molecular flexibility index (Phi) is 8.08. The number of anilines is 1. The maximum absolute atomic E-state index is 14.1. The van der Waals surface area contributed by atoms with Crippen LogP contribution in [-0.2, 0) is 4.79 Å². The SMILES string of the molecule is Cc1ccc(-c2nnc(SCCCC(=O)N3CCN(c4ccccc4F)CC3)n2-c2ccc(C)cc2)cc1. The van der Waals surface area contributed by atoms with Crippen LogP contribution in [-0.4, -0.2) is 57.5 Å². The van der Waals surface area contributed by atoms with Gasteiger partial charge in [0.25, 0.3) is 0 Å². The average molecular weight is 530 g/mol. The molecule has 5 rings (SSSR count). The number of nitrogens with zero attached hydrogens (tertiary/aromatic N) is 5. The lowest BCUT2D eigenvalue weighted by Crippen LogP contribution is -2.49. The number of hydrogen-bond donors (Lipinski definition) is 0. The summed E-state index contributed by atoms with van der Waals surface area (Å²) >= 11 is 1.62. The van der Waals surface area contributed by atoms with Crippen molar-refractivity contribution in [1.82, 2.24) is 19.7 Å². The molecule has 1 saturated heterocycles. The van der Waals surface area contributed by atoms with E-state index in [9.17, 15) is 9.18 Å². The van der Waals surface area contributed by atoms with Crippen LogP contribution >= 0.6 is 11.8 Å². The molecule has 4 aromatic rings. The van der Waals surface area contributed by atoms with E-state index in [0.717, 1.165) is 34.4 Å². The summed E-state index contributed by atoms with van der Waals surface area (Å²) in [5, 5.41) is 9.85. The summed E-state index contributed by atoms with van der Waals surface area (Å²) in [6.07, 6.45) is 1.23. The molecular weight excluding hydrogens is 497 g/mol. The topological polar surface area (TPSA) is 54.3 Å². The summed E-state index contributed by atoms with van der Waals surface area (Å²) in [5.74, 6) is 1.51. The maximum Gasteiger partial charge on any atom is 0.222 e. The van der Waals surface area contributed by atoms with Gasteiger partial charge in [-0.1, -0.05) is 71.4 Å². The Morgan fingerprint density at radius 3 is 2.21 bits per heavy atom. The number of piperazine rings is 1. The predicted octanol–water partition coefficient (Wildman–Crippen LogP) is 5.91. The summed E-state index contributed by atoms with van der Waals surface area (Å²) in [6.45, 7) is 6.65. The van der Waals surface area contributed by atoms with Crippen molar-refractivity contribution >= 4 is 23.4 Å². The fourth-order valence-corrected chi connectivity index (χ4v) is 5.52. The van der Waals surface area contributed by atoms with Gasteiger partial charge in [0, 0.05) is 49.6 Å². The van der Waals surface area contributed by atoms with Crippen molar-refractivity contribution in [3.05, 3.63) is 89.7 Å². The molecule has 0 saturated carbocycles. The lowest BCUT2D eigenvalue weighted by atomic mass is 10.1. The Hall–Kier alpha value is -3.65. The number of hydrogen-bond acceptors (Lipinski definition) is 5. The van der Waals surface area contributed by atoms with Gasteiger partial charge in [-0.3, -0.25) is 9.36 Å². The van der Waals surface area contributed by atoms with Gasteiger partial charge in [-0.25, -0.2) is 4.39 Å². The molecule has 0 radical (unpaired) electrons. The summed E-state index contributed by atoms with van der Waals surface area (Å²) in [4.78, 5) is 16.8. The van der Waals surface area contributed by atoms with Crippen molar-refractivity contribution in [2.75, 3.05) is 36.8 Å². The van der Waals surface area contributed by atoms with Crippen LogP contribution in [0, 0.1) is 19.7 Å². The summed E-state index contributed by atoms with van der Waals surface area (Å²) in [7, 11) is 0. The highest BCUT2D eigenvalue weighted by molar-refractivity contribution is 7.99. The summed E-state index contributed by atoms with van der Waals surface area (Å²) < 4.78 is 16.2. The second-order valence-electron chi connectivity index (χ2n) is 9.61. The smallest absolute Gasteiger partial charge is 0.222 e. The first-order valence-corrected chi connectivity index (χ1v) is 14.0. The number of carbonyl (C=O) groups is 1. The quantitative estimate of drug-likeness (QED) is 0.210. The lowest BCUT2D eigenvalue weighted by Gasteiger charge is -2.36. The molecule has 0 bridgehead atoms. The van der Waals surface area contributed by atoms with Gasteiger partial charge in [0.1, 0.15) is 5.82 Å². The molecule has 1 aliphatic rings. The van der Waals surface area contributed by atoms with Crippen LogP contribution in [0.15, 0.2) is 78.0 Å². The minimum Gasteiger partial charge on any atom is -0.366 e. The molecule has 6 nitrogen and oxygen atoms in total. The molecule has 1 amide bonds. The number of aromatic nitrogens is 3. The Balaban J connectivity index is 1.19. The minimum atomic E-state index is -0.215. The van der Waals surface area contributed by atoms with Crippen molar-refractivity contribution in [2.24, 2.45) is 0 Å². The lowest BCUT2D eigenvalue weighted by molar-refractivity contribution is -0.131. The van der Waals surface area contributed by atoms with E-state index < -0.39 is 0 Å². The van der Waals surface area contributed by atoms with E-state index in [1.807, 2.05) is 15.9 Å². The Bertz CT molecular complexity index is 1380. The van der Waals surface area contributed by atoms with Crippen molar-refractivity contribution in [3.8, 4) is 17.1 Å². The van der Waals surface area contributed by atoms with E-state index in [4.69, 9.17) is 0 Å². The van der Waals surface area contributed by atoms with Gasteiger partial charge in [-0.05, 0) is 44.5 Å². The van der Waals surface area contributed by atoms with Crippen LogP contribution in [0.2, 0.25) is 0 Å². The Morgan fingerprint density at radius 1 is 0.868 bits per heavy atom. The van der Waals surface area contributed by atoms with E-state index in [1.165, 1.54) is 17.2 Å². The van der Waals surface area contributed by atoms with Crippen molar-refractivity contribution in [3.63, 3.8) is 0 Å². The molecule has 1 fully saturated rings. The molecule has 0 spiro atoms. The van der Waals surface area contributed by atoms with Crippen LogP contribution in [0.25, 0.3) is 17.1 Å². The van der Waals surface area contributed by atoms with Crippen molar-refractivity contribution in [1.29, 1.82) is 0 Å². The molecule has 0 N–H and O–H groups in total. The van der Waals surface area contributed by atoms with Crippen molar-refractivity contribution < 1.29 is 9.18 Å². The van der Waals surface area contributed by atoms with Gasteiger partial charge in [0.15, 0.2) is 11.0 Å². The van der Waals surface area contributed by atoms with E-state index in [0.29, 0.717) is 38.3 Å². The normalized spacial score (nSPS) is 13.7. The number of carbonyl (C=O) groups excluding carboxylic acids is 1. The van der Waals surface area contributed by atoms with E-state index in [2.05, 4.69) is 77.1 Å². The minimum absolute atomic E-state index is 0.152. The van der Waals surface area contributed by atoms with Gasteiger partial charge in [0.2, 0.25) is 5.91 Å². The highest BCUT2D eigenvalue weighted by Gasteiger charge is 2.22. The zero-order valence-corrected chi connectivity index (χ0v) is 22.6. The Morgan fingerprint density at radius 2 is 1.53 bits per heavy atom. The largest absolute Gasteiger partial charge is 0.366 e. The summed E-state index contributed by atoms with van der Waals surface area (Å²) in [5.41, 5.74) is 5.03. The van der Waals surface area contributed by atoms with Gasteiger partial charge in [-0.2, -0.15) is 0 Å². The number of rotatable bonds is 8. The van der Waals surface area contributed by atoms with Crippen molar-refractivity contribution in [2.45, 2.75) is 31.8 Å². The predicted molar refractivity (Wildman–Crippen MR) is 151 cm³/mol. The van der Waals surface area contributed by atoms with E-state index >= 15 is 0 Å². The molecule has 2 heterocycles. The first kappa shape index (κ1) is 26.0. The van der Waals surface area contributed by atoms with Crippen LogP contribution in [0.3, 0.4) is 0 Å². The fourth-order valence-electron chi connectivity index (χ4n) is 4.63. The van der Waals surface area contributed by atoms with E-state index in [1.54, 1.807) is 23.9 Å². The van der Waals surface area contributed by atoms with E-state index in [-0.39, 0.29) is 11.7 Å². The molecule has 0 atom stereocenters. The van der Waals surface area contributed by atoms with Gasteiger partial charge >= 0.3 is 0 Å². The van der Waals surface area contributed by atoms with Crippen LogP contribution in [0.1, 0.15) is 24.0 Å². The molecular formula is C30H32FN5OS. The molecule has 38 heavy (non-hydrogen) atoms. The average Bonchev–Trinajstić information content (AvgIpc) is 3.36. The van der Waals surface area contributed by atoms with Gasteiger partial charge < -0.3 is 9.80 Å². The van der Waals surface area contributed by atoms with Gasteiger partial charge in [-0.15, -0.1) is 10.2 Å². The molecule has 1 aromatic heterocycles. The van der Waals surface area contributed by atoms with Crippen LogP contribution in [0.4, 0.5) is 10.1 Å². The number of amides is 1. The number of halogens is 1. The molecule has 8 heteroatoms. The number of aryl methyl sites for hydroxylation is 2. The standard InChI is InChI=1S/C30H32FN5OS/c1-22-9-13-24(14-10-22)29-32-33-30(36(29)25-15-11-23(2)12-16-25)38-21-5-8-28(37)35-19-17-34(18-20-35)27-7-4-3-6-26(27)31/h3-4,6-7,9-16H,5,8,17-21H2,1-2H3. The van der Waals surface area contributed by atoms with Crippen LogP contribution in [0.5, 0.6) is 0 Å². The first-order valence-electron chi connectivity index (χ1n) is 13.0. The highest BCUT2D eigenvalue weighted by atomic mass is 32.2. The second-order valence-corrected chi connectivity index (χ2v) is 10.7. The highest BCUT2D eigenvalue weighted by Crippen LogP contribution is 2.29. The molecule has 3 aromatic carbocycles. The Labute approximate surface area is 227 Å². The first-order chi connectivity index (χ1) is 18.5. The third kappa shape index (κ3) is 5.91. The second kappa shape index (κ2) is 11.8. The number of thioether (sulfide) groups is 1. The zero-order chi connectivity index (χ0) is 26.5. The number of benzene rings is 3. The molecule has 0 aliphatic carbocycles. The fraction of sp³-hybridized carbons (Fsp3) is 0.300. The molecule has 196 valence electrons.